The number of hydrogen-bond donors (Lipinski definition) is 1. The molecule has 3 nitrogen and oxygen atoms in total. The molecule has 19 heavy (non-hydrogen) atoms. The van der Waals surface area contributed by atoms with E-state index in [2.05, 4.69) is 29.4 Å². The molecule has 1 aromatic carbocycles. The van der Waals surface area contributed by atoms with Crippen LogP contribution in [-0.4, -0.2) is 16.7 Å². The normalized spacial score (nSPS) is 12.6. The molecule has 0 aliphatic heterocycles. The Bertz CT molecular complexity index is 557. The van der Waals surface area contributed by atoms with Crippen LogP contribution >= 0.6 is 34.5 Å². The Morgan fingerprint density at radius 3 is 2.74 bits per heavy atom. The summed E-state index contributed by atoms with van der Waals surface area (Å²) in [5, 5.41) is 14.7. The average molecular weight is 316 g/mol. The lowest BCUT2D eigenvalue weighted by Crippen LogP contribution is -2.19. The van der Waals surface area contributed by atoms with E-state index in [-0.39, 0.29) is 6.04 Å². The molecular weight excluding hydrogens is 301 g/mol. The maximum absolute atomic E-state index is 6.20. The Hall–Kier alpha value is -0.680. The zero-order chi connectivity index (χ0) is 13.8. The minimum atomic E-state index is 0.245. The lowest BCUT2D eigenvalue weighted by Gasteiger charge is -2.11. The molecule has 0 spiro atoms. The molecule has 0 bridgehead atoms. The molecule has 2 aromatic rings. The van der Waals surface area contributed by atoms with Gasteiger partial charge in [-0.05, 0) is 19.0 Å². The van der Waals surface area contributed by atoms with E-state index in [4.69, 9.17) is 23.2 Å². The Balaban J connectivity index is 2.32. The number of halogens is 2. The third-order valence-corrected chi connectivity index (χ3v) is 4.67. The third-order valence-electron chi connectivity index (χ3n) is 2.78. The first-order valence-electron chi connectivity index (χ1n) is 6.18. The van der Waals surface area contributed by atoms with Crippen molar-refractivity contribution in [2.45, 2.75) is 26.3 Å². The van der Waals surface area contributed by atoms with Gasteiger partial charge < -0.3 is 5.32 Å². The summed E-state index contributed by atoms with van der Waals surface area (Å²) in [4.78, 5) is 0. The van der Waals surface area contributed by atoms with Crippen LogP contribution < -0.4 is 5.32 Å². The molecule has 1 heterocycles. The predicted octanol–water partition coefficient (Wildman–Crippen LogP) is 4.57. The van der Waals surface area contributed by atoms with Crippen molar-refractivity contribution in [2.24, 2.45) is 0 Å². The van der Waals surface area contributed by atoms with Crippen LogP contribution in [0.3, 0.4) is 0 Å². The van der Waals surface area contributed by atoms with Gasteiger partial charge in [-0.25, -0.2) is 0 Å². The highest BCUT2D eigenvalue weighted by atomic mass is 35.5. The molecule has 102 valence electrons. The fourth-order valence-corrected chi connectivity index (χ4v) is 3.29. The van der Waals surface area contributed by atoms with Gasteiger partial charge in [0.1, 0.15) is 10.0 Å². The highest BCUT2D eigenvalue weighted by Gasteiger charge is 2.16. The van der Waals surface area contributed by atoms with Gasteiger partial charge in [-0.2, -0.15) is 0 Å². The number of rotatable bonds is 5. The van der Waals surface area contributed by atoms with Crippen molar-refractivity contribution < 1.29 is 0 Å². The van der Waals surface area contributed by atoms with Crippen molar-refractivity contribution in [2.75, 3.05) is 6.54 Å². The predicted molar refractivity (Wildman–Crippen MR) is 82.1 cm³/mol. The van der Waals surface area contributed by atoms with Crippen LogP contribution in [0.15, 0.2) is 18.2 Å². The Labute approximate surface area is 127 Å². The number of nitrogens with zero attached hydrogens (tertiary/aromatic N) is 2. The molecule has 0 amide bonds. The number of aromatic nitrogens is 2. The smallest absolute Gasteiger partial charge is 0.149 e. The van der Waals surface area contributed by atoms with Gasteiger partial charge in [-0.3, -0.25) is 0 Å². The second kappa shape index (κ2) is 6.66. The maximum Gasteiger partial charge on any atom is 0.149 e. The second-order valence-electron chi connectivity index (χ2n) is 4.07. The van der Waals surface area contributed by atoms with Crippen molar-refractivity contribution in [3.8, 4) is 10.6 Å². The molecular formula is C13H15Cl2N3S. The Kier molecular flexibility index (Phi) is 5.16. The summed E-state index contributed by atoms with van der Waals surface area (Å²) >= 11 is 13.8. The summed E-state index contributed by atoms with van der Waals surface area (Å²) < 4.78 is 0. The SMILES string of the molecule is CCNC(CC)c1nnc(-c2cccc(Cl)c2Cl)s1. The van der Waals surface area contributed by atoms with Gasteiger partial charge in [0.2, 0.25) is 0 Å². The minimum Gasteiger partial charge on any atom is -0.308 e. The summed E-state index contributed by atoms with van der Waals surface area (Å²) in [5.41, 5.74) is 0.837. The summed E-state index contributed by atoms with van der Waals surface area (Å²) in [6, 6.07) is 5.79. The highest BCUT2D eigenvalue weighted by Crippen LogP contribution is 2.36. The van der Waals surface area contributed by atoms with E-state index in [9.17, 15) is 0 Å². The van der Waals surface area contributed by atoms with Crippen molar-refractivity contribution in [3.05, 3.63) is 33.3 Å². The van der Waals surface area contributed by atoms with Crippen molar-refractivity contribution in [1.82, 2.24) is 15.5 Å². The van der Waals surface area contributed by atoms with Gasteiger partial charge in [0.25, 0.3) is 0 Å². The maximum atomic E-state index is 6.20. The van der Waals surface area contributed by atoms with Gasteiger partial charge in [0.05, 0.1) is 16.1 Å². The number of nitrogens with one attached hydrogen (secondary N) is 1. The van der Waals surface area contributed by atoms with Gasteiger partial charge in [-0.1, -0.05) is 60.5 Å². The van der Waals surface area contributed by atoms with Crippen molar-refractivity contribution >= 4 is 34.5 Å². The van der Waals surface area contributed by atoms with Crippen LogP contribution in [0.25, 0.3) is 10.6 Å². The molecule has 0 saturated carbocycles. The van der Waals surface area contributed by atoms with Crippen LogP contribution in [0.4, 0.5) is 0 Å². The fraction of sp³-hybridized carbons (Fsp3) is 0.385. The molecule has 6 heteroatoms. The van der Waals surface area contributed by atoms with Gasteiger partial charge in [-0.15, -0.1) is 10.2 Å². The molecule has 0 aliphatic rings. The van der Waals surface area contributed by atoms with E-state index in [1.807, 2.05) is 12.1 Å². The first-order valence-corrected chi connectivity index (χ1v) is 7.75. The van der Waals surface area contributed by atoms with Crippen LogP contribution in [0.2, 0.25) is 10.0 Å². The zero-order valence-corrected chi connectivity index (χ0v) is 13.1. The average Bonchev–Trinajstić information content (AvgIpc) is 2.88. The molecule has 1 atom stereocenters. The summed E-state index contributed by atoms with van der Waals surface area (Å²) in [5.74, 6) is 0. The number of benzene rings is 1. The van der Waals surface area contributed by atoms with E-state index >= 15 is 0 Å². The molecule has 1 aromatic heterocycles. The Morgan fingerprint density at radius 2 is 2.05 bits per heavy atom. The summed E-state index contributed by atoms with van der Waals surface area (Å²) in [7, 11) is 0. The molecule has 1 N–H and O–H groups in total. The van der Waals surface area contributed by atoms with Crippen LogP contribution in [0.5, 0.6) is 0 Å². The van der Waals surface area contributed by atoms with E-state index in [1.165, 1.54) is 0 Å². The quantitative estimate of drug-likeness (QED) is 0.878. The molecule has 0 saturated heterocycles. The fourth-order valence-electron chi connectivity index (χ4n) is 1.81. The molecule has 2 rings (SSSR count). The lowest BCUT2D eigenvalue weighted by molar-refractivity contribution is 0.531. The van der Waals surface area contributed by atoms with E-state index in [0.29, 0.717) is 10.0 Å². The van der Waals surface area contributed by atoms with Gasteiger partial charge in [0, 0.05) is 5.56 Å². The van der Waals surface area contributed by atoms with Crippen LogP contribution in [0.1, 0.15) is 31.3 Å². The van der Waals surface area contributed by atoms with Gasteiger partial charge in [0.15, 0.2) is 0 Å². The second-order valence-corrected chi connectivity index (χ2v) is 5.86. The molecule has 1 unspecified atom stereocenters. The lowest BCUT2D eigenvalue weighted by atomic mass is 10.2. The highest BCUT2D eigenvalue weighted by molar-refractivity contribution is 7.14. The topological polar surface area (TPSA) is 37.8 Å². The van der Waals surface area contributed by atoms with Gasteiger partial charge >= 0.3 is 0 Å². The summed E-state index contributed by atoms with van der Waals surface area (Å²) in [6.45, 7) is 5.12. The number of hydrogen-bond acceptors (Lipinski definition) is 4. The van der Waals surface area contributed by atoms with Crippen molar-refractivity contribution in [3.63, 3.8) is 0 Å². The zero-order valence-electron chi connectivity index (χ0n) is 10.8. The standard InChI is InChI=1S/C13H15Cl2N3S/c1-3-10(16-4-2)13-18-17-12(19-13)8-6-5-7-9(14)11(8)15/h5-7,10,16H,3-4H2,1-2H3. The minimum absolute atomic E-state index is 0.245. The van der Waals surface area contributed by atoms with E-state index in [1.54, 1.807) is 17.4 Å². The van der Waals surface area contributed by atoms with Crippen LogP contribution in [-0.2, 0) is 0 Å². The third kappa shape index (κ3) is 3.26. The van der Waals surface area contributed by atoms with Crippen LogP contribution in [0, 0.1) is 0 Å². The Morgan fingerprint density at radius 1 is 1.26 bits per heavy atom. The first kappa shape index (κ1) is 14.7. The van der Waals surface area contributed by atoms with E-state index < -0.39 is 0 Å². The monoisotopic (exact) mass is 315 g/mol. The molecule has 0 aliphatic carbocycles. The van der Waals surface area contributed by atoms with Crippen molar-refractivity contribution in [1.29, 1.82) is 0 Å². The first-order chi connectivity index (χ1) is 9.17. The molecule has 0 radical (unpaired) electrons. The van der Waals surface area contributed by atoms with E-state index in [0.717, 1.165) is 28.5 Å². The summed E-state index contributed by atoms with van der Waals surface area (Å²) in [6.07, 6.45) is 0.978. The molecule has 0 fully saturated rings. The largest absolute Gasteiger partial charge is 0.308 e.